The maximum Gasteiger partial charge on any atom is 0.410 e. The van der Waals surface area contributed by atoms with Gasteiger partial charge in [-0.1, -0.05) is 0 Å². The van der Waals surface area contributed by atoms with Crippen LogP contribution < -0.4 is 10.1 Å². The van der Waals surface area contributed by atoms with E-state index in [0.29, 0.717) is 19.6 Å². The first-order valence-electron chi connectivity index (χ1n) is 7.46. The summed E-state index contributed by atoms with van der Waals surface area (Å²) in [5.74, 6) is -1.57. The molecule has 7 heteroatoms. The van der Waals surface area contributed by atoms with Crippen LogP contribution in [-0.2, 0) is 4.74 Å². The molecule has 0 radical (unpaired) electrons. The van der Waals surface area contributed by atoms with Crippen molar-refractivity contribution in [3.8, 4) is 5.75 Å². The average Bonchev–Trinajstić information content (AvgIpc) is 2.44. The van der Waals surface area contributed by atoms with Gasteiger partial charge in [0.05, 0.1) is 13.2 Å². The maximum atomic E-state index is 13.9. The molecule has 0 aromatic heterocycles. The minimum atomic E-state index is -0.794. The van der Waals surface area contributed by atoms with Crippen LogP contribution in [0.2, 0.25) is 0 Å². The molecular weight excluding hydrogens is 306 g/mol. The van der Waals surface area contributed by atoms with Crippen LogP contribution >= 0.6 is 0 Å². The topological polar surface area (TPSA) is 50.8 Å². The predicted molar refractivity (Wildman–Crippen MR) is 81.5 cm³/mol. The number of rotatable bonds is 2. The van der Waals surface area contributed by atoms with Gasteiger partial charge in [-0.25, -0.2) is 13.6 Å². The highest BCUT2D eigenvalue weighted by atomic mass is 19.1. The van der Waals surface area contributed by atoms with E-state index in [2.05, 4.69) is 5.32 Å². The number of amides is 1. The molecule has 0 bridgehead atoms. The first kappa shape index (κ1) is 17.5. The fraction of sp³-hybridized carbons (Fsp3) is 0.562. The fourth-order valence-corrected chi connectivity index (χ4v) is 2.56. The van der Waals surface area contributed by atoms with Crippen LogP contribution in [0.3, 0.4) is 0 Å². The van der Waals surface area contributed by atoms with Gasteiger partial charge < -0.3 is 14.8 Å². The van der Waals surface area contributed by atoms with E-state index in [1.54, 1.807) is 20.8 Å². The summed E-state index contributed by atoms with van der Waals surface area (Å²) in [4.78, 5) is 13.9. The molecule has 5 nitrogen and oxygen atoms in total. The highest BCUT2D eigenvalue weighted by Gasteiger charge is 2.34. The van der Waals surface area contributed by atoms with E-state index in [0.717, 1.165) is 6.07 Å². The minimum Gasteiger partial charge on any atom is -0.493 e. The molecule has 0 spiro atoms. The summed E-state index contributed by atoms with van der Waals surface area (Å²) in [6, 6.07) is 1.38. The molecule has 2 rings (SSSR count). The van der Waals surface area contributed by atoms with Crippen LogP contribution in [0, 0.1) is 11.6 Å². The second-order valence-corrected chi connectivity index (χ2v) is 6.40. The van der Waals surface area contributed by atoms with Crippen LogP contribution in [-0.4, -0.2) is 43.3 Å². The number of hydrogen-bond donors (Lipinski definition) is 1. The number of carbonyl (C=O) groups excluding carboxylic acids is 1. The van der Waals surface area contributed by atoms with E-state index in [-0.39, 0.29) is 11.3 Å². The van der Waals surface area contributed by atoms with Gasteiger partial charge >= 0.3 is 6.09 Å². The lowest BCUT2D eigenvalue weighted by atomic mass is 10.0. The van der Waals surface area contributed by atoms with Gasteiger partial charge in [-0.05, 0) is 26.8 Å². The summed E-state index contributed by atoms with van der Waals surface area (Å²) in [6.45, 7) is 6.62. The highest BCUT2D eigenvalue weighted by molar-refractivity contribution is 5.69. The van der Waals surface area contributed by atoms with Gasteiger partial charge in [-0.3, -0.25) is 4.90 Å². The quantitative estimate of drug-likeness (QED) is 0.907. The van der Waals surface area contributed by atoms with E-state index in [9.17, 15) is 13.6 Å². The number of nitrogens with zero attached hydrogens (tertiary/aromatic N) is 1. The SMILES string of the molecule is COc1c(F)cc(F)cc1C1CNCCN1C(=O)OC(C)(C)C. The monoisotopic (exact) mass is 328 g/mol. The largest absolute Gasteiger partial charge is 0.493 e. The number of piperazine rings is 1. The van der Waals surface area contributed by atoms with Gasteiger partial charge in [0.15, 0.2) is 11.6 Å². The summed E-state index contributed by atoms with van der Waals surface area (Å²) in [7, 11) is 1.31. The summed E-state index contributed by atoms with van der Waals surface area (Å²) in [5, 5.41) is 3.12. The van der Waals surface area contributed by atoms with Crippen molar-refractivity contribution in [2.45, 2.75) is 32.4 Å². The number of ether oxygens (including phenoxy) is 2. The number of benzene rings is 1. The molecule has 0 saturated carbocycles. The van der Waals surface area contributed by atoms with Crippen molar-refractivity contribution in [3.05, 3.63) is 29.3 Å². The van der Waals surface area contributed by atoms with Crippen LogP contribution in [0.15, 0.2) is 12.1 Å². The number of methoxy groups -OCH3 is 1. The molecule has 1 fully saturated rings. The molecule has 0 aliphatic carbocycles. The Hall–Kier alpha value is -1.89. The number of halogens is 2. The van der Waals surface area contributed by atoms with Gasteiger partial charge in [0.25, 0.3) is 0 Å². The Kier molecular flexibility index (Phi) is 5.09. The summed E-state index contributed by atoms with van der Waals surface area (Å²) in [5.41, 5.74) is -0.368. The Balaban J connectivity index is 2.37. The van der Waals surface area contributed by atoms with Crippen molar-refractivity contribution in [3.63, 3.8) is 0 Å². The van der Waals surface area contributed by atoms with E-state index in [1.807, 2.05) is 0 Å². The Bertz CT molecular complexity index is 587. The van der Waals surface area contributed by atoms with Crippen molar-refractivity contribution in [2.24, 2.45) is 0 Å². The molecular formula is C16H22F2N2O3. The molecule has 1 aliphatic rings. The Morgan fingerprint density at radius 2 is 2.04 bits per heavy atom. The summed E-state index contributed by atoms with van der Waals surface area (Å²) >= 11 is 0. The van der Waals surface area contributed by atoms with Gasteiger partial charge in [0.2, 0.25) is 0 Å². The number of nitrogens with one attached hydrogen (secondary N) is 1. The van der Waals surface area contributed by atoms with Gasteiger partial charge in [-0.2, -0.15) is 0 Å². The van der Waals surface area contributed by atoms with E-state index < -0.39 is 29.4 Å². The molecule has 23 heavy (non-hydrogen) atoms. The maximum absolute atomic E-state index is 13.9. The molecule has 1 aromatic carbocycles. The average molecular weight is 328 g/mol. The molecule has 1 aliphatic heterocycles. The molecule has 1 heterocycles. The zero-order valence-electron chi connectivity index (χ0n) is 13.8. The van der Waals surface area contributed by atoms with Gasteiger partial charge in [0, 0.05) is 31.3 Å². The minimum absolute atomic E-state index is 0.0614. The molecule has 1 saturated heterocycles. The third-order valence-corrected chi connectivity index (χ3v) is 3.47. The lowest BCUT2D eigenvalue weighted by Gasteiger charge is -2.37. The van der Waals surface area contributed by atoms with Crippen molar-refractivity contribution in [1.29, 1.82) is 0 Å². The molecule has 1 aromatic rings. The first-order valence-corrected chi connectivity index (χ1v) is 7.46. The zero-order valence-corrected chi connectivity index (χ0v) is 13.8. The Labute approximate surface area is 134 Å². The van der Waals surface area contributed by atoms with Crippen molar-refractivity contribution < 1.29 is 23.0 Å². The Morgan fingerprint density at radius 3 is 2.65 bits per heavy atom. The normalized spacial score (nSPS) is 18.7. The highest BCUT2D eigenvalue weighted by Crippen LogP contribution is 2.34. The van der Waals surface area contributed by atoms with Crippen LogP contribution in [0.4, 0.5) is 13.6 Å². The smallest absolute Gasteiger partial charge is 0.410 e. The van der Waals surface area contributed by atoms with E-state index in [4.69, 9.17) is 9.47 Å². The molecule has 1 unspecified atom stereocenters. The lowest BCUT2D eigenvalue weighted by molar-refractivity contribution is 0.0115. The van der Waals surface area contributed by atoms with E-state index >= 15 is 0 Å². The van der Waals surface area contributed by atoms with Crippen LogP contribution in [0.1, 0.15) is 32.4 Å². The van der Waals surface area contributed by atoms with Crippen molar-refractivity contribution in [2.75, 3.05) is 26.7 Å². The van der Waals surface area contributed by atoms with Gasteiger partial charge in [0.1, 0.15) is 11.4 Å². The second-order valence-electron chi connectivity index (χ2n) is 6.40. The summed E-state index contributed by atoms with van der Waals surface area (Å²) in [6.07, 6.45) is -0.518. The first-order chi connectivity index (χ1) is 10.7. The van der Waals surface area contributed by atoms with Crippen molar-refractivity contribution >= 4 is 6.09 Å². The number of hydrogen-bond acceptors (Lipinski definition) is 4. The lowest BCUT2D eigenvalue weighted by Crippen LogP contribution is -2.50. The van der Waals surface area contributed by atoms with E-state index in [1.165, 1.54) is 18.1 Å². The summed E-state index contributed by atoms with van der Waals surface area (Å²) < 4.78 is 38.1. The third kappa shape index (κ3) is 4.10. The zero-order chi connectivity index (χ0) is 17.2. The third-order valence-electron chi connectivity index (χ3n) is 3.47. The second kappa shape index (κ2) is 6.70. The molecule has 1 N–H and O–H groups in total. The van der Waals surface area contributed by atoms with Gasteiger partial charge in [-0.15, -0.1) is 0 Å². The molecule has 1 atom stereocenters. The standard InChI is InChI=1S/C16H22F2N2O3/c1-16(2,3)23-15(21)20-6-5-19-9-13(20)11-7-10(17)8-12(18)14(11)22-4/h7-8,13,19H,5-6,9H2,1-4H3. The number of carbonyl (C=O) groups is 1. The molecule has 128 valence electrons. The van der Waals surface area contributed by atoms with Crippen LogP contribution in [0.25, 0.3) is 0 Å². The Morgan fingerprint density at radius 1 is 1.35 bits per heavy atom. The predicted octanol–water partition coefficient (Wildman–Crippen LogP) is 2.85. The molecule has 1 amide bonds. The van der Waals surface area contributed by atoms with Crippen molar-refractivity contribution in [1.82, 2.24) is 10.2 Å². The fourth-order valence-electron chi connectivity index (χ4n) is 2.56. The van der Waals surface area contributed by atoms with Crippen LogP contribution in [0.5, 0.6) is 5.75 Å².